The summed E-state index contributed by atoms with van der Waals surface area (Å²) in [6, 6.07) is 10.4. The normalized spacial score (nSPS) is 16.9. The minimum atomic E-state index is -0.962. The molecule has 1 saturated heterocycles. The van der Waals surface area contributed by atoms with Crippen molar-refractivity contribution in [3.8, 4) is 5.75 Å². The molecule has 3 rings (SSSR count). The van der Waals surface area contributed by atoms with Crippen LogP contribution >= 0.6 is 11.8 Å². The van der Waals surface area contributed by atoms with Crippen LogP contribution in [0, 0.1) is 0 Å². The number of methoxy groups -OCH3 is 1. The van der Waals surface area contributed by atoms with Crippen LogP contribution < -0.4 is 4.74 Å². The number of benzene rings is 2. The summed E-state index contributed by atoms with van der Waals surface area (Å²) in [5.74, 6) is -0.367. The molecule has 1 heterocycles. The zero-order chi connectivity index (χ0) is 19.6. The lowest BCUT2D eigenvalue weighted by atomic mass is 10.0. The predicted octanol–water partition coefficient (Wildman–Crippen LogP) is 3.84. The number of amides is 2. The molecule has 0 aromatic heterocycles. The Kier molecular flexibility index (Phi) is 5.51. The number of nitrogens with zero attached hydrogens (tertiary/aromatic N) is 1. The number of rotatable bonds is 5. The van der Waals surface area contributed by atoms with Gasteiger partial charge in [-0.2, -0.15) is 0 Å². The molecule has 1 aliphatic heterocycles. The lowest BCUT2D eigenvalue weighted by Crippen LogP contribution is -2.42. The number of hydrogen-bond donors (Lipinski definition) is 0. The van der Waals surface area contributed by atoms with Gasteiger partial charge in [0, 0.05) is 5.39 Å². The third kappa shape index (κ3) is 3.55. The van der Waals surface area contributed by atoms with Gasteiger partial charge in [-0.25, -0.2) is 4.79 Å². The Labute approximate surface area is 161 Å². The third-order valence-corrected chi connectivity index (χ3v) is 5.15. The van der Waals surface area contributed by atoms with Crippen LogP contribution in [0.3, 0.4) is 0 Å². The second-order valence-corrected chi connectivity index (χ2v) is 6.88. The Hall–Kier alpha value is -2.80. The van der Waals surface area contributed by atoms with E-state index in [1.807, 2.05) is 36.4 Å². The summed E-state index contributed by atoms with van der Waals surface area (Å²) in [6.07, 6.45) is 1.67. The first-order chi connectivity index (χ1) is 13.0. The van der Waals surface area contributed by atoms with E-state index >= 15 is 0 Å². The summed E-state index contributed by atoms with van der Waals surface area (Å²) in [5.41, 5.74) is 0.792. The summed E-state index contributed by atoms with van der Waals surface area (Å²) < 4.78 is 10.3. The van der Waals surface area contributed by atoms with Crippen LogP contribution in [-0.4, -0.2) is 41.8 Å². The Bertz CT molecular complexity index is 953. The summed E-state index contributed by atoms with van der Waals surface area (Å²) in [5, 5.41) is 1.33. The van der Waals surface area contributed by atoms with E-state index in [0.717, 1.165) is 38.7 Å². The van der Waals surface area contributed by atoms with Gasteiger partial charge in [0.1, 0.15) is 11.8 Å². The fraction of sp³-hybridized carbons (Fsp3) is 0.250. The number of carbonyl (C=O) groups excluding carboxylic acids is 3. The molecule has 140 valence electrons. The standard InChI is InChI=1S/C20H19NO5S/c1-4-26-19(23)12(2)21-18(22)17(27-20(21)24)11-13-9-10-16(25-3)15-8-6-5-7-14(13)15/h5-12H,4H2,1-3H3/b17-11+/t12-/m1/s1. The molecule has 0 unspecified atom stereocenters. The van der Waals surface area contributed by atoms with E-state index in [1.165, 1.54) is 6.92 Å². The van der Waals surface area contributed by atoms with Gasteiger partial charge in [0.15, 0.2) is 0 Å². The molecule has 2 amide bonds. The zero-order valence-electron chi connectivity index (χ0n) is 15.2. The Morgan fingerprint density at radius 3 is 2.56 bits per heavy atom. The van der Waals surface area contributed by atoms with Gasteiger partial charge in [0.25, 0.3) is 11.1 Å². The molecular weight excluding hydrogens is 366 g/mol. The molecule has 1 atom stereocenters. The topological polar surface area (TPSA) is 72.9 Å². The summed E-state index contributed by atoms with van der Waals surface area (Å²) in [6.45, 7) is 3.35. The Balaban J connectivity index is 1.97. The third-order valence-electron chi connectivity index (χ3n) is 4.26. The maximum Gasteiger partial charge on any atom is 0.329 e. The monoisotopic (exact) mass is 385 g/mol. The summed E-state index contributed by atoms with van der Waals surface area (Å²) >= 11 is 0.818. The second-order valence-electron chi connectivity index (χ2n) is 5.88. The fourth-order valence-electron chi connectivity index (χ4n) is 2.92. The Morgan fingerprint density at radius 2 is 1.89 bits per heavy atom. The van der Waals surface area contributed by atoms with Crippen molar-refractivity contribution < 1.29 is 23.9 Å². The van der Waals surface area contributed by atoms with Gasteiger partial charge < -0.3 is 9.47 Å². The quantitative estimate of drug-likeness (QED) is 0.575. The Morgan fingerprint density at radius 1 is 1.19 bits per heavy atom. The van der Waals surface area contributed by atoms with Crippen LogP contribution in [0.1, 0.15) is 19.4 Å². The maximum absolute atomic E-state index is 12.7. The number of hydrogen-bond acceptors (Lipinski definition) is 6. The van der Waals surface area contributed by atoms with E-state index in [1.54, 1.807) is 20.1 Å². The van der Waals surface area contributed by atoms with Crippen molar-refractivity contribution in [3.05, 3.63) is 46.9 Å². The number of thioether (sulfide) groups is 1. The second kappa shape index (κ2) is 7.84. The highest BCUT2D eigenvalue weighted by molar-refractivity contribution is 8.18. The minimum absolute atomic E-state index is 0.188. The van der Waals surface area contributed by atoms with Crippen molar-refractivity contribution in [2.24, 2.45) is 0 Å². The first-order valence-corrected chi connectivity index (χ1v) is 9.29. The van der Waals surface area contributed by atoms with Crippen LogP contribution in [0.15, 0.2) is 41.3 Å². The average Bonchev–Trinajstić information content (AvgIpc) is 2.95. The maximum atomic E-state index is 12.7. The van der Waals surface area contributed by atoms with E-state index in [2.05, 4.69) is 0 Å². The molecule has 0 N–H and O–H groups in total. The minimum Gasteiger partial charge on any atom is -0.496 e. The average molecular weight is 385 g/mol. The van der Waals surface area contributed by atoms with E-state index < -0.39 is 23.2 Å². The van der Waals surface area contributed by atoms with Gasteiger partial charge in [-0.3, -0.25) is 14.5 Å². The molecule has 27 heavy (non-hydrogen) atoms. The van der Waals surface area contributed by atoms with Crippen LogP contribution in [0.2, 0.25) is 0 Å². The SMILES string of the molecule is CCOC(=O)[C@@H](C)N1C(=O)S/C(=C/c2ccc(OC)c3ccccc23)C1=O. The van der Waals surface area contributed by atoms with Crippen molar-refractivity contribution in [1.29, 1.82) is 0 Å². The lowest BCUT2D eigenvalue weighted by molar-refractivity contribution is -0.150. The van der Waals surface area contributed by atoms with Gasteiger partial charge >= 0.3 is 5.97 Å². The number of imide groups is 1. The highest BCUT2D eigenvalue weighted by atomic mass is 32.2. The van der Waals surface area contributed by atoms with E-state index in [-0.39, 0.29) is 11.5 Å². The van der Waals surface area contributed by atoms with Crippen LogP contribution in [0.5, 0.6) is 5.75 Å². The molecule has 1 fully saturated rings. The predicted molar refractivity (Wildman–Crippen MR) is 104 cm³/mol. The van der Waals surface area contributed by atoms with Crippen LogP contribution in [-0.2, 0) is 14.3 Å². The van der Waals surface area contributed by atoms with Gasteiger partial charge in [0.2, 0.25) is 0 Å². The van der Waals surface area contributed by atoms with Crippen molar-refractivity contribution in [3.63, 3.8) is 0 Å². The van der Waals surface area contributed by atoms with E-state index in [0.29, 0.717) is 0 Å². The van der Waals surface area contributed by atoms with Crippen molar-refractivity contribution >= 4 is 45.7 Å². The largest absolute Gasteiger partial charge is 0.496 e. The summed E-state index contributed by atoms with van der Waals surface area (Å²) in [7, 11) is 1.60. The fourth-order valence-corrected chi connectivity index (χ4v) is 3.82. The number of esters is 1. The summed E-state index contributed by atoms with van der Waals surface area (Å²) in [4.78, 5) is 38.1. The van der Waals surface area contributed by atoms with Gasteiger partial charge in [0.05, 0.1) is 18.6 Å². The molecule has 1 aliphatic rings. The van der Waals surface area contributed by atoms with E-state index in [9.17, 15) is 14.4 Å². The molecule has 7 heteroatoms. The van der Waals surface area contributed by atoms with Gasteiger partial charge in [-0.1, -0.05) is 30.3 Å². The molecule has 2 aromatic carbocycles. The lowest BCUT2D eigenvalue weighted by Gasteiger charge is -2.19. The van der Waals surface area contributed by atoms with Gasteiger partial charge in [-0.05, 0) is 48.7 Å². The van der Waals surface area contributed by atoms with Crippen molar-refractivity contribution in [1.82, 2.24) is 4.90 Å². The zero-order valence-corrected chi connectivity index (χ0v) is 16.0. The van der Waals surface area contributed by atoms with Crippen molar-refractivity contribution in [2.75, 3.05) is 13.7 Å². The molecule has 0 radical (unpaired) electrons. The van der Waals surface area contributed by atoms with Crippen LogP contribution in [0.25, 0.3) is 16.8 Å². The molecule has 0 aliphatic carbocycles. The molecule has 0 saturated carbocycles. The number of carbonyl (C=O) groups is 3. The van der Waals surface area contributed by atoms with Gasteiger partial charge in [-0.15, -0.1) is 0 Å². The number of ether oxygens (including phenoxy) is 2. The highest BCUT2D eigenvalue weighted by Gasteiger charge is 2.41. The highest BCUT2D eigenvalue weighted by Crippen LogP contribution is 2.36. The van der Waals surface area contributed by atoms with Crippen LogP contribution in [0.4, 0.5) is 4.79 Å². The molecule has 0 bridgehead atoms. The first kappa shape index (κ1) is 19.0. The molecule has 2 aromatic rings. The van der Waals surface area contributed by atoms with Crippen molar-refractivity contribution in [2.45, 2.75) is 19.9 Å². The molecule has 6 nitrogen and oxygen atoms in total. The smallest absolute Gasteiger partial charge is 0.329 e. The van der Waals surface area contributed by atoms with E-state index in [4.69, 9.17) is 9.47 Å². The molecule has 0 spiro atoms. The first-order valence-electron chi connectivity index (χ1n) is 8.47. The molecular formula is C20H19NO5S. The number of fused-ring (bicyclic) bond motifs is 1.